The molecule has 1 unspecified atom stereocenters. The van der Waals surface area contributed by atoms with Crippen molar-refractivity contribution in [2.45, 2.75) is 26.2 Å². The number of hydrogen-bond donors (Lipinski definition) is 0. The highest BCUT2D eigenvalue weighted by molar-refractivity contribution is 4.95. The molecular formula is C7H11O. The van der Waals surface area contributed by atoms with Crippen LogP contribution in [0.15, 0.2) is 11.8 Å². The Labute approximate surface area is 50.0 Å². The highest BCUT2D eigenvalue weighted by Gasteiger charge is 2.08. The molecule has 0 aromatic rings. The molecule has 0 saturated carbocycles. The van der Waals surface area contributed by atoms with Crippen LogP contribution in [0.1, 0.15) is 26.2 Å². The molecule has 0 aromatic heterocycles. The first-order chi connectivity index (χ1) is 3.79. The van der Waals surface area contributed by atoms with Crippen molar-refractivity contribution >= 4 is 0 Å². The first-order valence-corrected chi connectivity index (χ1v) is 3.15. The maximum absolute atomic E-state index is 10.6. The Morgan fingerprint density at radius 2 is 2.50 bits per heavy atom. The Bertz CT molecular complexity index is 105. The zero-order chi connectivity index (χ0) is 5.98. The fourth-order valence-electron chi connectivity index (χ4n) is 0.941. The molecule has 0 heterocycles. The van der Waals surface area contributed by atoms with E-state index in [2.05, 4.69) is 6.92 Å². The van der Waals surface area contributed by atoms with Crippen LogP contribution in [0.4, 0.5) is 0 Å². The second-order valence-electron chi connectivity index (χ2n) is 2.55. The molecule has 1 heteroatoms. The molecule has 0 fully saturated rings. The second kappa shape index (κ2) is 2.21. The van der Waals surface area contributed by atoms with Gasteiger partial charge in [0.15, 0.2) is 5.76 Å². The minimum absolute atomic E-state index is 0.336. The van der Waals surface area contributed by atoms with Gasteiger partial charge in [0.05, 0.1) is 0 Å². The fourth-order valence-corrected chi connectivity index (χ4v) is 0.941. The quantitative estimate of drug-likeness (QED) is 0.456. The van der Waals surface area contributed by atoms with Gasteiger partial charge in [0, 0.05) is 6.42 Å². The molecule has 0 aliphatic heterocycles. The van der Waals surface area contributed by atoms with Gasteiger partial charge in [-0.25, -0.2) is 0 Å². The van der Waals surface area contributed by atoms with E-state index in [0.29, 0.717) is 5.76 Å². The summed E-state index contributed by atoms with van der Waals surface area (Å²) in [6.07, 6.45) is 4.68. The van der Waals surface area contributed by atoms with Gasteiger partial charge in [-0.1, -0.05) is 6.92 Å². The molecule has 1 aliphatic carbocycles. The van der Waals surface area contributed by atoms with Crippen LogP contribution in [0.25, 0.3) is 0 Å². The van der Waals surface area contributed by atoms with Crippen molar-refractivity contribution < 1.29 is 5.11 Å². The number of allylic oxidation sites excluding steroid dienone is 2. The van der Waals surface area contributed by atoms with Gasteiger partial charge in [-0.05, 0) is 24.8 Å². The molecule has 0 N–H and O–H groups in total. The minimum Gasteiger partial charge on any atom is -0.295 e. The zero-order valence-corrected chi connectivity index (χ0v) is 5.18. The van der Waals surface area contributed by atoms with Crippen molar-refractivity contribution in [3.8, 4) is 0 Å². The van der Waals surface area contributed by atoms with E-state index in [0.717, 1.165) is 25.2 Å². The molecule has 0 bridgehead atoms. The lowest BCUT2D eigenvalue weighted by Gasteiger charge is -2.11. The molecule has 0 spiro atoms. The molecule has 1 radical (unpaired) electrons. The number of rotatable bonds is 0. The smallest absolute Gasteiger partial charge is 0.151 e. The van der Waals surface area contributed by atoms with Crippen LogP contribution in [-0.4, -0.2) is 0 Å². The Kier molecular flexibility index (Phi) is 1.56. The van der Waals surface area contributed by atoms with E-state index in [1.807, 2.05) is 6.08 Å². The third kappa shape index (κ3) is 1.25. The predicted molar refractivity (Wildman–Crippen MR) is 31.8 cm³/mol. The normalized spacial score (nSPS) is 29.6. The van der Waals surface area contributed by atoms with E-state index in [1.54, 1.807) is 0 Å². The summed E-state index contributed by atoms with van der Waals surface area (Å²) in [6.45, 7) is 2.18. The predicted octanol–water partition coefficient (Wildman–Crippen LogP) is 2.12. The summed E-state index contributed by atoms with van der Waals surface area (Å²) in [4.78, 5) is 0. The first kappa shape index (κ1) is 5.67. The van der Waals surface area contributed by atoms with Crippen LogP contribution >= 0.6 is 0 Å². The third-order valence-corrected chi connectivity index (χ3v) is 1.63. The zero-order valence-electron chi connectivity index (χ0n) is 5.18. The number of hydrogen-bond acceptors (Lipinski definition) is 0. The molecule has 1 nitrogen and oxygen atoms in total. The molecule has 0 aromatic carbocycles. The fraction of sp³-hybridized carbons (Fsp3) is 0.714. The van der Waals surface area contributed by atoms with Gasteiger partial charge in [-0.3, -0.25) is 5.11 Å². The van der Waals surface area contributed by atoms with E-state index in [4.69, 9.17) is 0 Å². The molecular weight excluding hydrogens is 100 g/mol. The summed E-state index contributed by atoms with van der Waals surface area (Å²) >= 11 is 0. The maximum atomic E-state index is 10.6. The van der Waals surface area contributed by atoms with Gasteiger partial charge in [0.2, 0.25) is 0 Å². The topological polar surface area (TPSA) is 19.9 Å². The average molecular weight is 111 g/mol. The highest BCUT2D eigenvalue weighted by atomic mass is 16.3. The monoisotopic (exact) mass is 111 g/mol. The Hall–Kier alpha value is -0.460. The standard InChI is InChI=1S/C7H11O/c1-6-2-4-7(8)5-3-6/h4,6H,2-3,5H2,1H3. The van der Waals surface area contributed by atoms with Gasteiger partial charge in [-0.15, -0.1) is 0 Å². The summed E-state index contributed by atoms with van der Waals surface area (Å²) in [6, 6.07) is 0. The lowest BCUT2D eigenvalue weighted by atomic mass is 9.96. The van der Waals surface area contributed by atoms with Crippen LogP contribution in [0.3, 0.4) is 0 Å². The van der Waals surface area contributed by atoms with E-state index in [1.165, 1.54) is 0 Å². The van der Waals surface area contributed by atoms with Crippen LogP contribution in [0.5, 0.6) is 0 Å². The van der Waals surface area contributed by atoms with E-state index in [9.17, 15) is 5.11 Å². The summed E-state index contributed by atoms with van der Waals surface area (Å²) < 4.78 is 0. The van der Waals surface area contributed by atoms with Crippen LogP contribution in [0, 0.1) is 5.92 Å². The van der Waals surface area contributed by atoms with Crippen molar-refractivity contribution in [2.24, 2.45) is 5.92 Å². The minimum atomic E-state index is 0.336. The molecule has 8 heavy (non-hydrogen) atoms. The van der Waals surface area contributed by atoms with Crippen LogP contribution in [-0.2, 0) is 5.11 Å². The Morgan fingerprint density at radius 1 is 1.75 bits per heavy atom. The van der Waals surface area contributed by atoms with E-state index in [-0.39, 0.29) is 0 Å². The Balaban J connectivity index is 2.42. The lowest BCUT2D eigenvalue weighted by molar-refractivity contribution is 0.257. The SMILES string of the molecule is CC1CC=C([O])CC1. The second-order valence-corrected chi connectivity index (χ2v) is 2.55. The third-order valence-electron chi connectivity index (χ3n) is 1.63. The largest absolute Gasteiger partial charge is 0.295 e. The highest BCUT2D eigenvalue weighted by Crippen LogP contribution is 2.20. The summed E-state index contributed by atoms with van der Waals surface area (Å²) in [7, 11) is 0. The van der Waals surface area contributed by atoms with Crippen molar-refractivity contribution in [2.75, 3.05) is 0 Å². The van der Waals surface area contributed by atoms with E-state index >= 15 is 0 Å². The van der Waals surface area contributed by atoms with Crippen molar-refractivity contribution in [3.05, 3.63) is 11.8 Å². The van der Waals surface area contributed by atoms with Crippen molar-refractivity contribution in [3.63, 3.8) is 0 Å². The molecule has 0 amide bonds. The molecule has 0 saturated heterocycles. The summed E-state index contributed by atoms with van der Waals surface area (Å²) in [5.74, 6) is 1.08. The van der Waals surface area contributed by atoms with Crippen molar-refractivity contribution in [1.29, 1.82) is 0 Å². The molecule has 1 aliphatic rings. The molecule has 1 atom stereocenters. The van der Waals surface area contributed by atoms with Crippen molar-refractivity contribution in [1.82, 2.24) is 0 Å². The Morgan fingerprint density at radius 3 is 2.88 bits per heavy atom. The molecule has 1 rings (SSSR count). The summed E-state index contributed by atoms with van der Waals surface area (Å²) in [5, 5.41) is 10.6. The lowest BCUT2D eigenvalue weighted by Crippen LogP contribution is -1.99. The van der Waals surface area contributed by atoms with Crippen LogP contribution < -0.4 is 0 Å². The first-order valence-electron chi connectivity index (χ1n) is 3.15. The van der Waals surface area contributed by atoms with Gasteiger partial charge in [0.1, 0.15) is 0 Å². The summed E-state index contributed by atoms with van der Waals surface area (Å²) in [5.41, 5.74) is 0. The average Bonchev–Trinajstić information content (AvgIpc) is 1.77. The van der Waals surface area contributed by atoms with Gasteiger partial charge >= 0.3 is 0 Å². The maximum Gasteiger partial charge on any atom is 0.151 e. The van der Waals surface area contributed by atoms with Gasteiger partial charge in [0.25, 0.3) is 0 Å². The van der Waals surface area contributed by atoms with Gasteiger partial charge in [-0.2, -0.15) is 0 Å². The van der Waals surface area contributed by atoms with E-state index < -0.39 is 0 Å². The van der Waals surface area contributed by atoms with Crippen LogP contribution in [0.2, 0.25) is 0 Å². The van der Waals surface area contributed by atoms with Gasteiger partial charge < -0.3 is 0 Å². The molecule has 45 valence electrons.